The first-order chi connectivity index (χ1) is 22.9. The maximum absolute atomic E-state index is 5.20. The summed E-state index contributed by atoms with van der Waals surface area (Å²) in [6.07, 6.45) is 2.28. The number of aromatic nitrogens is 4. The van der Waals surface area contributed by atoms with Gasteiger partial charge in [0.15, 0.2) is 17.5 Å². The van der Waals surface area contributed by atoms with Crippen molar-refractivity contribution >= 4 is 22.2 Å². The monoisotopic (exact) mass is 607 g/mol. The van der Waals surface area contributed by atoms with E-state index in [4.69, 9.17) is 19.9 Å². The summed E-state index contributed by atoms with van der Waals surface area (Å²) >= 11 is 0. The molecule has 0 saturated carbocycles. The van der Waals surface area contributed by atoms with E-state index in [1.807, 2.05) is 60.7 Å². The van der Waals surface area contributed by atoms with Crippen LogP contribution in [0.15, 0.2) is 140 Å². The smallest absolute Gasteiger partial charge is 0.164 e. The highest BCUT2D eigenvalue weighted by Gasteiger charge is 2.24. The van der Waals surface area contributed by atoms with E-state index in [1.165, 1.54) is 11.1 Å². The molecular formula is C42H33N5. The van der Waals surface area contributed by atoms with E-state index in [2.05, 4.69) is 105 Å². The summed E-state index contributed by atoms with van der Waals surface area (Å²) in [6.45, 7) is 6.57. The summed E-state index contributed by atoms with van der Waals surface area (Å²) in [4.78, 5) is 19.8. The maximum atomic E-state index is 5.20. The van der Waals surface area contributed by atoms with E-state index in [1.54, 1.807) is 0 Å². The van der Waals surface area contributed by atoms with Gasteiger partial charge in [-0.15, -0.1) is 0 Å². The van der Waals surface area contributed by atoms with Crippen LogP contribution in [0.2, 0.25) is 0 Å². The molecule has 3 heterocycles. The molecule has 0 radical (unpaired) electrons. The number of rotatable bonds is 5. The van der Waals surface area contributed by atoms with Crippen molar-refractivity contribution in [2.75, 3.05) is 5.32 Å². The number of nitrogens with one attached hydrogen (secondary N) is 1. The Labute approximate surface area is 274 Å². The lowest BCUT2D eigenvalue weighted by molar-refractivity contribution is 0.708. The lowest BCUT2D eigenvalue weighted by Crippen LogP contribution is -2.31. The molecule has 0 spiro atoms. The number of hydrogen-bond donors (Lipinski definition) is 1. The lowest BCUT2D eigenvalue weighted by Gasteiger charge is -2.32. The molecular weight excluding hydrogens is 574 g/mol. The number of nitrogens with zero attached hydrogens (tertiary/aromatic N) is 4. The molecule has 47 heavy (non-hydrogen) atoms. The molecule has 8 rings (SSSR count). The Morgan fingerprint density at radius 1 is 0.489 bits per heavy atom. The van der Waals surface area contributed by atoms with Gasteiger partial charge in [0.2, 0.25) is 0 Å². The first-order valence-corrected chi connectivity index (χ1v) is 15.9. The van der Waals surface area contributed by atoms with Crippen molar-refractivity contribution in [1.29, 1.82) is 0 Å². The SMILES string of the molecule is CC1=CC(C)(C)Nc2c1ccc1ccc(-c3cccc(-c4ccc(-c5nc(-c6ccccc6)nc(-c6ccccc6)n5)cc4)c3)nc21. The van der Waals surface area contributed by atoms with Crippen LogP contribution in [0.3, 0.4) is 0 Å². The number of hydrogen-bond acceptors (Lipinski definition) is 5. The van der Waals surface area contributed by atoms with Gasteiger partial charge in [-0.1, -0.05) is 127 Å². The molecule has 0 atom stereocenters. The predicted octanol–water partition coefficient (Wildman–Crippen LogP) is 10.4. The molecule has 0 amide bonds. The average Bonchev–Trinajstić information content (AvgIpc) is 3.11. The highest BCUT2D eigenvalue weighted by Crippen LogP contribution is 2.39. The number of anilines is 1. The Hall–Kier alpha value is -5.94. The number of benzene rings is 5. The van der Waals surface area contributed by atoms with Crippen molar-refractivity contribution < 1.29 is 0 Å². The lowest BCUT2D eigenvalue weighted by atomic mass is 9.90. The minimum Gasteiger partial charge on any atom is -0.374 e. The van der Waals surface area contributed by atoms with Gasteiger partial charge in [0.05, 0.1) is 22.4 Å². The van der Waals surface area contributed by atoms with Crippen molar-refractivity contribution in [2.24, 2.45) is 0 Å². The minimum absolute atomic E-state index is 0.136. The molecule has 5 aromatic carbocycles. The van der Waals surface area contributed by atoms with Gasteiger partial charge in [0, 0.05) is 33.2 Å². The van der Waals surface area contributed by atoms with Crippen molar-refractivity contribution in [2.45, 2.75) is 26.3 Å². The van der Waals surface area contributed by atoms with E-state index >= 15 is 0 Å². The molecule has 1 aliphatic heterocycles. The first kappa shape index (κ1) is 28.5. The molecule has 5 nitrogen and oxygen atoms in total. The van der Waals surface area contributed by atoms with Crippen LogP contribution in [-0.4, -0.2) is 25.5 Å². The molecule has 1 N–H and O–H groups in total. The molecule has 0 bridgehead atoms. The summed E-state index contributed by atoms with van der Waals surface area (Å²) < 4.78 is 0. The highest BCUT2D eigenvalue weighted by atomic mass is 15.0. The second-order valence-corrected chi connectivity index (χ2v) is 12.6. The van der Waals surface area contributed by atoms with Crippen LogP contribution in [0, 0.1) is 0 Å². The quantitative estimate of drug-likeness (QED) is 0.211. The molecule has 226 valence electrons. The summed E-state index contributed by atoms with van der Waals surface area (Å²) in [5.74, 6) is 1.95. The van der Waals surface area contributed by atoms with E-state index in [0.717, 1.165) is 55.7 Å². The van der Waals surface area contributed by atoms with Crippen molar-refractivity contribution in [3.05, 3.63) is 145 Å². The third-order valence-electron chi connectivity index (χ3n) is 8.65. The number of pyridine rings is 1. The third-order valence-corrected chi connectivity index (χ3v) is 8.65. The maximum Gasteiger partial charge on any atom is 0.164 e. The minimum atomic E-state index is -0.136. The summed E-state index contributed by atoms with van der Waals surface area (Å²) in [6, 6.07) is 45.8. The van der Waals surface area contributed by atoms with Crippen molar-refractivity contribution in [3.63, 3.8) is 0 Å². The van der Waals surface area contributed by atoms with Crippen LogP contribution in [0.5, 0.6) is 0 Å². The van der Waals surface area contributed by atoms with Gasteiger partial charge in [-0.2, -0.15) is 0 Å². The van der Waals surface area contributed by atoms with Crippen LogP contribution in [0.1, 0.15) is 26.3 Å². The van der Waals surface area contributed by atoms with Crippen molar-refractivity contribution in [1.82, 2.24) is 19.9 Å². The topological polar surface area (TPSA) is 63.6 Å². The Morgan fingerprint density at radius 2 is 1.02 bits per heavy atom. The van der Waals surface area contributed by atoms with Gasteiger partial charge in [-0.3, -0.25) is 0 Å². The van der Waals surface area contributed by atoms with E-state index in [9.17, 15) is 0 Å². The van der Waals surface area contributed by atoms with E-state index in [-0.39, 0.29) is 5.54 Å². The van der Waals surface area contributed by atoms with Gasteiger partial charge in [-0.05, 0) is 49.6 Å². The normalized spacial score (nSPS) is 13.5. The summed E-state index contributed by atoms with van der Waals surface area (Å²) in [7, 11) is 0. The number of fused-ring (bicyclic) bond motifs is 3. The van der Waals surface area contributed by atoms with Gasteiger partial charge in [0.1, 0.15) is 0 Å². The van der Waals surface area contributed by atoms with Crippen LogP contribution < -0.4 is 5.32 Å². The molecule has 5 heteroatoms. The predicted molar refractivity (Wildman–Crippen MR) is 194 cm³/mol. The first-order valence-electron chi connectivity index (χ1n) is 15.9. The van der Waals surface area contributed by atoms with E-state index in [0.29, 0.717) is 17.5 Å². The molecule has 7 aromatic rings. The second kappa shape index (κ2) is 11.5. The molecule has 2 aromatic heterocycles. The van der Waals surface area contributed by atoms with Crippen LogP contribution in [0.25, 0.3) is 73.0 Å². The Kier molecular flexibility index (Phi) is 6.95. The molecule has 0 saturated heterocycles. The van der Waals surface area contributed by atoms with Crippen LogP contribution in [-0.2, 0) is 0 Å². The number of allylic oxidation sites excluding steroid dienone is 1. The van der Waals surface area contributed by atoms with Gasteiger partial charge in [0.25, 0.3) is 0 Å². The fourth-order valence-electron chi connectivity index (χ4n) is 6.39. The average molecular weight is 608 g/mol. The van der Waals surface area contributed by atoms with Gasteiger partial charge in [-0.25, -0.2) is 19.9 Å². The third kappa shape index (κ3) is 5.57. The summed E-state index contributed by atoms with van der Waals surface area (Å²) in [5, 5.41) is 4.84. The highest BCUT2D eigenvalue weighted by molar-refractivity contribution is 5.99. The largest absolute Gasteiger partial charge is 0.374 e. The van der Waals surface area contributed by atoms with E-state index < -0.39 is 0 Å². The van der Waals surface area contributed by atoms with Gasteiger partial charge < -0.3 is 5.32 Å². The van der Waals surface area contributed by atoms with Crippen LogP contribution in [0.4, 0.5) is 5.69 Å². The molecule has 0 aliphatic carbocycles. The fraction of sp³-hybridized carbons (Fsp3) is 0.0952. The summed E-state index contributed by atoms with van der Waals surface area (Å²) in [5.41, 5.74) is 11.5. The molecule has 0 unspecified atom stereocenters. The zero-order valence-corrected chi connectivity index (χ0v) is 26.6. The Bertz CT molecular complexity index is 2230. The Morgan fingerprint density at radius 3 is 1.66 bits per heavy atom. The second-order valence-electron chi connectivity index (χ2n) is 12.6. The standard InChI is InChI=1S/C42H33N5/c1-27-26-42(2,3)47-38-35(27)23-21-29-22-24-36(43-37(29)38)34-16-10-15-33(25-34)28-17-19-32(20-18-28)41-45-39(30-11-6-4-7-12-30)44-40(46-41)31-13-8-5-9-14-31/h4-26,47H,1-3H3. The molecule has 1 aliphatic rings. The van der Waals surface area contributed by atoms with Gasteiger partial charge >= 0.3 is 0 Å². The zero-order valence-electron chi connectivity index (χ0n) is 26.6. The zero-order chi connectivity index (χ0) is 32.0. The fourth-order valence-corrected chi connectivity index (χ4v) is 6.39. The van der Waals surface area contributed by atoms with Crippen LogP contribution >= 0.6 is 0 Å². The van der Waals surface area contributed by atoms with Crippen molar-refractivity contribution in [3.8, 4) is 56.5 Å². The Balaban J connectivity index is 1.14. The molecule has 0 fully saturated rings.